The number of hydrogen-bond acceptors (Lipinski definition) is 6. The first-order valence-corrected chi connectivity index (χ1v) is 11.3. The maximum Gasteiger partial charge on any atom is 0.308 e. The third kappa shape index (κ3) is 2.56. The molecule has 0 aromatic heterocycles. The van der Waals surface area contributed by atoms with Crippen molar-refractivity contribution in [3.8, 4) is 5.75 Å². The van der Waals surface area contributed by atoms with Gasteiger partial charge in [0.15, 0.2) is 0 Å². The van der Waals surface area contributed by atoms with E-state index in [1.807, 2.05) is 0 Å². The molecular formula is C24H20ClN3O5. The van der Waals surface area contributed by atoms with Crippen molar-refractivity contribution in [1.29, 1.82) is 0 Å². The first-order valence-electron chi connectivity index (χ1n) is 10.9. The molecule has 2 aromatic carbocycles. The van der Waals surface area contributed by atoms with E-state index in [-0.39, 0.29) is 17.9 Å². The van der Waals surface area contributed by atoms with Crippen LogP contribution in [0.1, 0.15) is 25.3 Å². The lowest BCUT2D eigenvalue weighted by molar-refractivity contribution is -0.135. The number of esters is 1. The average molecular weight is 466 g/mol. The zero-order valence-electron chi connectivity index (χ0n) is 17.7. The first kappa shape index (κ1) is 20.4. The van der Waals surface area contributed by atoms with Crippen molar-refractivity contribution < 1.29 is 23.9 Å². The molecule has 9 heteroatoms. The highest BCUT2D eigenvalue weighted by molar-refractivity contribution is 6.31. The molecular weight excluding hydrogens is 446 g/mol. The van der Waals surface area contributed by atoms with Crippen molar-refractivity contribution in [2.45, 2.75) is 31.3 Å². The highest BCUT2D eigenvalue weighted by Gasteiger charge is 2.74. The summed E-state index contributed by atoms with van der Waals surface area (Å²) in [6.07, 6.45) is 1.59. The summed E-state index contributed by atoms with van der Waals surface area (Å²) in [5.74, 6) is -2.59. The van der Waals surface area contributed by atoms with Crippen LogP contribution >= 0.6 is 11.6 Å². The lowest BCUT2D eigenvalue weighted by atomic mass is 9.75. The lowest BCUT2D eigenvalue weighted by Crippen LogP contribution is -2.54. The second-order valence-electron chi connectivity index (χ2n) is 8.92. The van der Waals surface area contributed by atoms with Gasteiger partial charge in [0.05, 0.1) is 17.5 Å². The molecule has 8 nitrogen and oxygen atoms in total. The molecule has 3 saturated heterocycles. The van der Waals surface area contributed by atoms with E-state index in [1.54, 1.807) is 42.5 Å². The minimum absolute atomic E-state index is 0.201. The van der Waals surface area contributed by atoms with Crippen molar-refractivity contribution in [3.63, 3.8) is 0 Å². The van der Waals surface area contributed by atoms with Gasteiger partial charge in [0.1, 0.15) is 11.3 Å². The Morgan fingerprint density at radius 1 is 1.12 bits per heavy atom. The molecule has 0 aliphatic carbocycles. The Bertz CT molecular complexity index is 1250. The van der Waals surface area contributed by atoms with E-state index in [9.17, 15) is 19.2 Å². The highest BCUT2D eigenvalue weighted by atomic mass is 35.5. The number of halogens is 1. The lowest BCUT2D eigenvalue weighted by Gasteiger charge is -2.36. The number of anilines is 2. The topological polar surface area (TPSA) is 96.0 Å². The van der Waals surface area contributed by atoms with Crippen LogP contribution in [-0.2, 0) is 24.7 Å². The van der Waals surface area contributed by atoms with Gasteiger partial charge in [0.25, 0.3) is 0 Å². The smallest absolute Gasteiger partial charge is 0.308 e. The fraction of sp³-hybridized carbons (Fsp3) is 0.333. The molecule has 6 rings (SSSR count). The Morgan fingerprint density at radius 3 is 2.61 bits per heavy atom. The predicted octanol–water partition coefficient (Wildman–Crippen LogP) is 2.70. The van der Waals surface area contributed by atoms with Crippen molar-refractivity contribution in [2.24, 2.45) is 11.8 Å². The van der Waals surface area contributed by atoms with Gasteiger partial charge in [-0.3, -0.25) is 24.1 Å². The van der Waals surface area contributed by atoms with Crippen LogP contribution in [-0.4, -0.2) is 41.2 Å². The van der Waals surface area contributed by atoms with Crippen LogP contribution in [0.5, 0.6) is 5.75 Å². The second-order valence-corrected chi connectivity index (χ2v) is 9.35. The SMILES string of the molecule is CC(=O)Oc1ccc(N2C(=O)[C@H]3[C@H]4CCCN4[C@@]4(C(=O)Nc5ccc(Cl)cc54)[C@@H]3C2=O)cc1. The fourth-order valence-electron chi connectivity index (χ4n) is 6.26. The molecule has 2 aromatic rings. The molecule has 1 N–H and O–H groups in total. The predicted molar refractivity (Wildman–Crippen MR) is 119 cm³/mol. The zero-order valence-corrected chi connectivity index (χ0v) is 18.5. The summed E-state index contributed by atoms with van der Waals surface area (Å²) in [4.78, 5) is 55.5. The number of benzene rings is 2. The normalized spacial score (nSPS) is 29.9. The van der Waals surface area contributed by atoms with E-state index in [0.717, 1.165) is 12.8 Å². The number of nitrogens with zero attached hydrogens (tertiary/aromatic N) is 2. The summed E-state index contributed by atoms with van der Waals surface area (Å²) in [5, 5.41) is 3.40. The van der Waals surface area contributed by atoms with Gasteiger partial charge in [-0.1, -0.05) is 11.6 Å². The van der Waals surface area contributed by atoms with Crippen molar-refractivity contribution >= 4 is 46.7 Å². The van der Waals surface area contributed by atoms with Gasteiger partial charge in [-0.2, -0.15) is 0 Å². The van der Waals surface area contributed by atoms with E-state index in [4.69, 9.17) is 16.3 Å². The molecule has 4 aliphatic heterocycles. The van der Waals surface area contributed by atoms with E-state index in [1.165, 1.54) is 11.8 Å². The van der Waals surface area contributed by atoms with Gasteiger partial charge >= 0.3 is 5.97 Å². The number of imide groups is 1. The standard InChI is InChI=1S/C24H20ClN3O5/c1-12(29)33-15-7-5-14(6-8-15)28-21(30)19-18-3-2-10-27(18)24(20(19)22(28)31)16-11-13(25)4-9-17(16)26-23(24)32/h4-9,11,18-20H,2-3,10H2,1H3,(H,26,32)/t18-,19+,20+,24-/m1/s1. The van der Waals surface area contributed by atoms with Crippen LogP contribution in [0.25, 0.3) is 0 Å². The molecule has 0 bridgehead atoms. The molecule has 3 amide bonds. The Labute approximate surface area is 194 Å². The van der Waals surface area contributed by atoms with Gasteiger partial charge < -0.3 is 10.1 Å². The number of nitrogens with one attached hydrogen (secondary N) is 1. The average Bonchev–Trinajstić information content (AvgIpc) is 3.47. The molecule has 4 atom stereocenters. The number of amides is 3. The first-order chi connectivity index (χ1) is 15.8. The monoisotopic (exact) mass is 465 g/mol. The van der Waals surface area contributed by atoms with Crippen LogP contribution in [0.2, 0.25) is 5.02 Å². The maximum absolute atomic E-state index is 13.9. The fourth-order valence-corrected chi connectivity index (χ4v) is 6.43. The number of hydrogen-bond donors (Lipinski definition) is 1. The largest absolute Gasteiger partial charge is 0.427 e. The van der Waals surface area contributed by atoms with Gasteiger partial charge in [-0.05, 0) is 61.9 Å². The number of carbonyl (C=O) groups excluding carboxylic acids is 4. The van der Waals surface area contributed by atoms with Crippen molar-refractivity contribution in [1.82, 2.24) is 4.90 Å². The molecule has 0 radical (unpaired) electrons. The molecule has 0 unspecified atom stereocenters. The van der Waals surface area contributed by atoms with Gasteiger partial charge in [-0.25, -0.2) is 4.90 Å². The number of carbonyl (C=O) groups is 4. The molecule has 33 heavy (non-hydrogen) atoms. The minimum atomic E-state index is -1.26. The number of rotatable bonds is 2. The summed E-state index contributed by atoms with van der Waals surface area (Å²) in [7, 11) is 0. The van der Waals surface area contributed by atoms with E-state index in [2.05, 4.69) is 10.2 Å². The summed E-state index contributed by atoms with van der Waals surface area (Å²) < 4.78 is 5.06. The molecule has 168 valence electrons. The Morgan fingerprint density at radius 2 is 1.88 bits per heavy atom. The van der Waals surface area contributed by atoms with Crippen molar-refractivity contribution in [3.05, 3.63) is 53.1 Å². The van der Waals surface area contributed by atoms with Crippen LogP contribution < -0.4 is 15.0 Å². The van der Waals surface area contributed by atoms with Crippen LogP contribution in [0.4, 0.5) is 11.4 Å². The Balaban J connectivity index is 1.47. The van der Waals surface area contributed by atoms with Crippen LogP contribution in [0.3, 0.4) is 0 Å². The second kappa shape index (κ2) is 6.88. The quantitative estimate of drug-likeness (QED) is 0.416. The van der Waals surface area contributed by atoms with E-state index in [0.29, 0.717) is 34.3 Å². The minimum Gasteiger partial charge on any atom is -0.427 e. The van der Waals surface area contributed by atoms with E-state index >= 15 is 0 Å². The maximum atomic E-state index is 13.9. The Hall–Kier alpha value is -3.23. The number of ether oxygens (including phenoxy) is 1. The highest BCUT2D eigenvalue weighted by Crippen LogP contribution is 2.60. The van der Waals surface area contributed by atoms with Gasteiger partial charge in [-0.15, -0.1) is 0 Å². The molecule has 4 heterocycles. The van der Waals surface area contributed by atoms with Crippen LogP contribution in [0, 0.1) is 11.8 Å². The summed E-state index contributed by atoms with van der Waals surface area (Å²) in [5.41, 5.74) is 0.415. The van der Waals surface area contributed by atoms with Gasteiger partial charge in [0, 0.05) is 29.2 Å². The zero-order chi connectivity index (χ0) is 23.1. The summed E-state index contributed by atoms with van der Waals surface area (Å²) in [6, 6.07) is 11.2. The molecule has 3 fully saturated rings. The Kier molecular flexibility index (Phi) is 4.25. The van der Waals surface area contributed by atoms with Crippen LogP contribution in [0.15, 0.2) is 42.5 Å². The van der Waals surface area contributed by atoms with Crippen molar-refractivity contribution in [2.75, 3.05) is 16.8 Å². The molecule has 0 saturated carbocycles. The summed E-state index contributed by atoms with van der Waals surface area (Å²) >= 11 is 6.30. The number of fused-ring (bicyclic) bond motifs is 7. The third-order valence-electron chi connectivity index (χ3n) is 7.31. The van der Waals surface area contributed by atoms with E-state index < -0.39 is 29.3 Å². The third-order valence-corrected chi connectivity index (χ3v) is 7.55. The molecule has 1 spiro atoms. The summed E-state index contributed by atoms with van der Waals surface area (Å²) in [6.45, 7) is 1.93. The molecule has 4 aliphatic rings. The van der Waals surface area contributed by atoms with Gasteiger partial charge in [0.2, 0.25) is 17.7 Å².